The molecule has 0 aliphatic heterocycles. The van der Waals surface area contributed by atoms with Crippen molar-refractivity contribution in [3.8, 4) is 0 Å². The van der Waals surface area contributed by atoms with Crippen LogP contribution in [-0.4, -0.2) is 29.6 Å². The molecule has 0 aromatic heterocycles. The van der Waals surface area contributed by atoms with Crippen LogP contribution in [-0.2, 0) is 4.79 Å². The van der Waals surface area contributed by atoms with Gasteiger partial charge in [-0.3, -0.25) is 9.59 Å². The van der Waals surface area contributed by atoms with Crippen molar-refractivity contribution in [3.63, 3.8) is 0 Å². The smallest absolute Gasteiger partial charge is 0.250 e. The summed E-state index contributed by atoms with van der Waals surface area (Å²) in [5.41, 5.74) is 13.9. The lowest BCUT2D eigenvalue weighted by Gasteiger charge is -2.30. The minimum atomic E-state index is -0.626. The largest absolute Gasteiger partial charge is 0.381 e. The van der Waals surface area contributed by atoms with Crippen LogP contribution in [0, 0.1) is 5.41 Å². The number of carbonyl (C=O) groups excluding carboxylic acids is 2. The van der Waals surface area contributed by atoms with Crippen LogP contribution in [0.25, 0.3) is 0 Å². The summed E-state index contributed by atoms with van der Waals surface area (Å²) in [4.78, 5) is 24.3. The maximum absolute atomic E-state index is 12.5. The monoisotopic (exact) mass is 393 g/mol. The molecular weight excluding hydrogens is 366 g/mol. The van der Waals surface area contributed by atoms with Gasteiger partial charge in [0.15, 0.2) is 0 Å². The highest BCUT2D eigenvalue weighted by molar-refractivity contribution is 6.13. The van der Waals surface area contributed by atoms with E-state index in [1.807, 2.05) is 18.2 Å². The molecule has 3 rings (SSSR count). The van der Waals surface area contributed by atoms with Gasteiger partial charge in [0.05, 0.1) is 17.7 Å². The second kappa shape index (κ2) is 9.34. The zero-order valence-electron chi connectivity index (χ0n) is 16.3. The minimum absolute atomic E-state index is 0.0731. The molecule has 2 aromatic rings. The van der Waals surface area contributed by atoms with Gasteiger partial charge in [0.1, 0.15) is 0 Å². The predicted molar refractivity (Wildman–Crippen MR) is 115 cm³/mol. The number of hydrogen-bond donors (Lipinski definition) is 5. The molecule has 29 heavy (non-hydrogen) atoms. The first-order valence-corrected chi connectivity index (χ1v) is 9.82. The molecule has 0 spiro atoms. The molecule has 0 bridgehead atoms. The van der Waals surface area contributed by atoms with Crippen LogP contribution in [0.1, 0.15) is 48.0 Å². The fourth-order valence-corrected chi connectivity index (χ4v) is 3.60. The number of nitrogens with one attached hydrogen (secondary N) is 3. The molecule has 1 aliphatic rings. The number of nitrogens with two attached hydrogens (primary N) is 2. The fourth-order valence-electron chi connectivity index (χ4n) is 3.60. The second-order valence-electron chi connectivity index (χ2n) is 7.39. The van der Waals surface area contributed by atoms with E-state index >= 15 is 0 Å². The summed E-state index contributed by atoms with van der Waals surface area (Å²) in [5, 5.41) is 14.3. The number of amides is 2. The van der Waals surface area contributed by atoms with Crippen molar-refractivity contribution in [3.05, 3.63) is 59.7 Å². The van der Waals surface area contributed by atoms with Gasteiger partial charge in [0, 0.05) is 23.5 Å². The van der Waals surface area contributed by atoms with E-state index in [9.17, 15) is 9.59 Å². The number of hydrogen-bond acceptors (Lipinski definition) is 5. The molecule has 0 saturated heterocycles. The lowest BCUT2D eigenvalue weighted by molar-refractivity contribution is -0.115. The van der Waals surface area contributed by atoms with Crippen LogP contribution in [0.2, 0.25) is 0 Å². The zero-order valence-corrected chi connectivity index (χ0v) is 16.3. The summed E-state index contributed by atoms with van der Waals surface area (Å²) in [6, 6.07) is 14.3. The molecule has 1 saturated carbocycles. The molecule has 7 heteroatoms. The lowest BCUT2D eigenvalue weighted by Crippen LogP contribution is -2.42. The van der Waals surface area contributed by atoms with E-state index in [-0.39, 0.29) is 35.7 Å². The highest BCUT2D eigenvalue weighted by atomic mass is 16.2. The third-order valence-corrected chi connectivity index (χ3v) is 5.19. The number of anilines is 2. The Hall–Kier alpha value is -3.19. The Bertz CT molecular complexity index is 897. The van der Waals surface area contributed by atoms with E-state index < -0.39 is 5.91 Å². The van der Waals surface area contributed by atoms with Gasteiger partial charge in [-0.1, -0.05) is 43.2 Å². The van der Waals surface area contributed by atoms with Crippen LogP contribution in [0.15, 0.2) is 48.5 Å². The van der Waals surface area contributed by atoms with E-state index in [4.69, 9.17) is 16.9 Å². The lowest BCUT2D eigenvalue weighted by atomic mass is 9.91. The number of primary amides is 1. The molecule has 7 nitrogen and oxygen atoms in total. The highest BCUT2D eigenvalue weighted by Gasteiger charge is 2.22. The van der Waals surface area contributed by atoms with Crippen LogP contribution in [0.3, 0.4) is 0 Å². The van der Waals surface area contributed by atoms with Crippen molar-refractivity contribution in [1.29, 1.82) is 5.41 Å². The van der Waals surface area contributed by atoms with E-state index in [2.05, 4.69) is 10.6 Å². The first-order chi connectivity index (χ1) is 13.9. The minimum Gasteiger partial charge on any atom is -0.381 e. The molecule has 1 fully saturated rings. The molecule has 2 aromatic carbocycles. The average Bonchev–Trinajstić information content (AvgIpc) is 2.70. The van der Waals surface area contributed by atoms with Crippen molar-refractivity contribution >= 4 is 28.9 Å². The summed E-state index contributed by atoms with van der Waals surface area (Å²) in [7, 11) is 0. The molecule has 7 N–H and O–H groups in total. The maximum atomic E-state index is 12.5. The zero-order chi connectivity index (χ0) is 20.8. The topological polar surface area (TPSA) is 134 Å². The van der Waals surface area contributed by atoms with Gasteiger partial charge in [0.2, 0.25) is 5.91 Å². The summed E-state index contributed by atoms with van der Waals surface area (Å²) >= 11 is 0. The van der Waals surface area contributed by atoms with E-state index in [1.54, 1.807) is 30.3 Å². The Morgan fingerprint density at radius 1 is 1.07 bits per heavy atom. The van der Waals surface area contributed by atoms with Crippen LogP contribution in [0.4, 0.5) is 11.4 Å². The Balaban J connectivity index is 1.73. The molecule has 152 valence electrons. The van der Waals surface area contributed by atoms with Crippen molar-refractivity contribution in [1.82, 2.24) is 0 Å². The molecule has 2 amide bonds. The van der Waals surface area contributed by atoms with Gasteiger partial charge in [-0.2, -0.15) is 0 Å². The first-order valence-electron chi connectivity index (χ1n) is 9.82. The maximum Gasteiger partial charge on any atom is 0.250 e. The Morgan fingerprint density at radius 2 is 1.79 bits per heavy atom. The Labute approximate surface area is 170 Å². The van der Waals surface area contributed by atoms with Gasteiger partial charge in [-0.15, -0.1) is 0 Å². The summed E-state index contributed by atoms with van der Waals surface area (Å²) in [6.45, 7) is 0. The van der Waals surface area contributed by atoms with Gasteiger partial charge in [-0.25, -0.2) is 0 Å². The third-order valence-electron chi connectivity index (χ3n) is 5.19. The van der Waals surface area contributed by atoms with E-state index in [0.717, 1.165) is 31.4 Å². The number of carbonyl (C=O) groups is 2. The molecule has 0 heterocycles. The first kappa shape index (κ1) is 20.5. The van der Waals surface area contributed by atoms with Crippen LogP contribution in [0.5, 0.6) is 0 Å². The molecule has 2 atom stereocenters. The van der Waals surface area contributed by atoms with Gasteiger partial charge in [-0.05, 0) is 36.6 Å². The fraction of sp³-hybridized carbons (Fsp3) is 0.318. The molecule has 1 aliphatic carbocycles. The average molecular weight is 393 g/mol. The quantitative estimate of drug-likeness (QED) is 0.462. The van der Waals surface area contributed by atoms with Crippen LogP contribution >= 0.6 is 0 Å². The molecule has 0 radical (unpaired) electrons. The van der Waals surface area contributed by atoms with Crippen LogP contribution < -0.4 is 22.1 Å². The van der Waals surface area contributed by atoms with E-state index in [1.165, 1.54) is 0 Å². The van der Waals surface area contributed by atoms with Gasteiger partial charge >= 0.3 is 0 Å². The number of benzene rings is 2. The van der Waals surface area contributed by atoms with Crippen molar-refractivity contribution in [2.45, 2.75) is 44.2 Å². The van der Waals surface area contributed by atoms with Crippen molar-refractivity contribution in [2.75, 3.05) is 10.6 Å². The van der Waals surface area contributed by atoms with Gasteiger partial charge in [0.25, 0.3) is 5.91 Å². The normalized spacial score (nSPS) is 18.7. The predicted octanol–water partition coefficient (Wildman–Crippen LogP) is 2.86. The standard InChI is InChI=1S/C22H27N5O2/c23-17-8-4-5-9-19(17)26-15-10-11-16(22(25)29)20(12-15)27-21(28)13-18(24)14-6-2-1-3-7-14/h1-3,6-7,10-12,17,19,24,26H,4-5,8-9,13,23H2,(H2,25,29)(H,27,28). The van der Waals surface area contributed by atoms with Gasteiger partial charge < -0.3 is 27.5 Å². The van der Waals surface area contributed by atoms with E-state index in [0.29, 0.717) is 11.3 Å². The summed E-state index contributed by atoms with van der Waals surface area (Å²) in [5.74, 6) is -1.01. The molecular formula is C22H27N5O2. The molecule has 2 unspecified atom stereocenters. The second-order valence-corrected chi connectivity index (χ2v) is 7.39. The van der Waals surface area contributed by atoms with Crippen molar-refractivity contribution in [2.24, 2.45) is 11.5 Å². The Morgan fingerprint density at radius 3 is 2.48 bits per heavy atom. The SMILES string of the molecule is N=C(CC(=O)Nc1cc(NC2CCCCC2N)ccc1C(N)=O)c1ccccc1. The third kappa shape index (κ3) is 5.42. The summed E-state index contributed by atoms with van der Waals surface area (Å²) in [6.07, 6.45) is 4.11. The number of rotatable bonds is 7. The summed E-state index contributed by atoms with van der Waals surface area (Å²) < 4.78 is 0. The highest BCUT2D eigenvalue weighted by Crippen LogP contribution is 2.25. The van der Waals surface area contributed by atoms with Crippen molar-refractivity contribution < 1.29 is 9.59 Å². The Kier molecular flexibility index (Phi) is 6.61.